The number of rotatable bonds is 9. The molecule has 0 saturated carbocycles. The van der Waals surface area contributed by atoms with E-state index in [1.807, 2.05) is 6.07 Å². The van der Waals surface area contributed by atoms with Crippen LogP contribution >= 0.6 is 0 Å². The van der Waals surface area contributed by atoms with Gasteiger partial charge in [-0.3, -0.25) is 0 Å². The molecule has 1 aromatic rings. The van der Waals surface area contributed by atoms with Gasteiger partial charge in [0, 0.05) is 0 Å². The van der Waals surface area contributed by atoms with Gasteiger partial charge in [-0.2, -0.15) is 0 Å². The predicted molar refractivity (Wildman–Crippen MR) is 83.1 cm³/mol. The summed E-state index contributed by atoms with van der Waals surface area (Å²) in [6, 6.07) is 6.33. The zero-order valence-electron chi connectivity index (χ0n) is 12.7. The summed E-state index contributed by atoms with van der Waals surface area (Å²) in [5.41, 5.74) is 1.36. The summed E-state index contributed by atoms with van der Waals surface area (Å²) in [6.07, 6.45) is 10.3. The lowest BCUT2D eigenvalue weighted by atomic mass is 9.95. The first-order chi connectivity index (χ1) is 9.79. The second-order valence-electron chi connectivity index (χ2n) is 5.91. The van der Waals surface area contributed by atoms with Crippen LogP contribution in [-0.2, 0) is 6.42 Å². The highest BCUT2D eigenvalue weighted by Gasteiger charge is 2.14. The van der Waals surface area contributed by atoms with Gasteiger partial charge in [0.05, 0.1) is 0 Å². The summed E-state index contributed by atoms with van der Waals surface area (Å²) < 4.78 is 10.8. The molecule has 111 valence electrons. The number of unbranched alkanes of at least 4 members (excludes halogenated alkanes) is 5. The van der Waals surface area contributed by atoms with Gasteiger partial charge < -0.3 is 9.47 Å². The summed E-state index contributed by atoms with van der Waals surface area (Å²) >= 11 is 0. The molecule has 0 saturated heterocycles. The van der Waals surface area contributed by atoms with Crippen molar-refractivity contribution >= 4 is 0 Å². The van der Waals surface area contributed by atoms with Gasteiger partial charge in [-0.05, 0) is 30.0 Å². The van der Waals surface area contributed by atoms with Crippen molar-refractivity contribution in [2.75, 3.05) is 6.79 Å². The molecule has 1 aliphatic rings. The molecule has 1 unspecified atom stereocenters. The van der Waals surface area contributed by atoms with E-state index in [0.29, 0.717) is 6.79 Å². The van der Waals surface area contributed by atoms with Crippen LogP contribution in [0, 0.1) is 12.8 Å². The Hall–Kier alpha value is -1.18. The van der Waals surface area contributed by atoms with Gasteiger partial charge in [0.15, 0.2) is 11.5 Å². The number of ether oxygens (including phenoxy) is 2. The lowest BCUT2D eigenvalue weighted by molar-refractivity contribution is 0.174. The molecule has 1 heterocycles. The topological polar surface area (TPSA) is 18.5 Å². The molecule has 0 aliphatic carbocycles. The largest absolute Gasteiger partial charge is 0.454 e. The Kier molecular flexibility index (Phi) is 6.23. The van der Waals surface area contributed by atoms with Crippen molar-refractivity contribution < 1.29 is 9.47 Å². The van der Waals surface area contributed by atoms with Crippen LogP contribution in [0.3, 0.4) is 0 Å². The first kappa shape index (κ1) is 15.2. The van der Waals surface area contributed by atoms with Crippen LogP contribution in [0.15, 0.2) is 18.2 Å². The van der Waals surface area contributed by atoms with E-state index in [2.05, 4.69) is 26.0 Å². The van der Waals surface area contributed by atoms with Crippen molar-refractivity contribution in [1.82, 2.24) is 0 Å². The minimum atomic E-state index is 0.363. The summed E-state index contributed by atoms with van der Waals surface area (Å²) in [4.78, 5) is 0. The molecule has 0 aromatic heterocycles. The number of hydrogen-bond donors (Lipinski definition) is 0. The Morgan fingerprint density at radius 1 is 1.05 bits per heavy atom. The fraction of sp³-hybridized carbons (Fsp3) is 0.611. The lowest BCUT2D eigenvalue weighted by Gasteiger charge is -2.11. The molecule has 1 radical (unpaired) electrons. The monoisotopic (exact) mass is 275 g/mol. The number of fused-ring (bicyclic) bond motifs is 1. The fourth-order valence-corrected chi connectivity index (χ4v) is 2.77. The zero-order chi connectivity index (χ0) is 14.2. The lowest BCUT2D eigenvalue weighted by Crippen LogP contribution is -2.00. The van der Waals surface area contributed by atoms with E-state index in [-0.39, 0.29) is 0 Å². The van der Waals surface area contributed by atoms with E-state index < -0.39 is 0 Å². The highest BCUT2D eigenvalue weighted by atomic mass is 16.7. The Morgan fingerprint density at radius 2 is 1.80 bits per heavy atom. The average molecular weight is 275 g/mol. The molecule has 2 rings (SSSR count). The minimum Gasteiger partial charge on any atom is -0.454 e. The molecule has 2 nitrogen and oxygen atoms in total. The van der Waals surface area contributed by atoms with Crippen molar-refractivity contribution in [3.63, 3.8) is 0 Å². The summed E-state index contributed by atoms with van der Waals surface area (Å²) in [7, 11) is 0. The normalized spacial score (nSPS) is 14.5. The van der Waals surface area contributed by atoms with E-state index >= 15 is 0 Å². The van der Waals surface area contributed by atoms with Crippen LogP contribution in [0.5, 0.6) is 11.5 Å². The molecule has 1 aromatic carbocycles. The maximum Gasteiger partial charge on any atom is 0.231 e. The second kappa shape index (κ2) is 8.18. The molecule has 1 aliphatic heterocycles. The minimum absolute atomic E-state index is 0.363. The van der Waals surface area contributed by atoms with Gasteiger partial charge in [-0.15, -0.1) is 0 Å². The van der Waals surface area contributed by atoms with E-state index in [1.165, 1.54) is 44.1 Å². The molecule has 0 spiro atoms. The second-order valence-corrected chi connectivity index (χ2v) is 5.91. The summed E-state index contributed by atoms with van der Waals surface area (Å²) in [5, 5.41) is 0. The quantitative estimate of drug-likeness (QED) is 0.580. The van der Waals surface area contributed by atoms with Crippen molar-refractivity contribution in [2.24, 2.45) is 5.92 Å². The van der Waals surface area contributed by atoms with Gasteiger partial charge >= 0.3 is 0 Å². The number of benzene rings is 1. The van der Waals surface area contributed by atoms with Crippen molar-refractivity contribution in [3.8, 4) is 11.5 Å². The third-order valence-electron chi connectivity index (χ3n) is 3.97. The van der Waals surface area contributed by atoms with E-state index in [9.17, 15) is 0 Å². The maximum atomic E-state index is 5.43. The SMILES string of the molecule is [CH2]CCCCCCCC(C)Cc1ccc2c(c1)OCO2. The Labute approximate surface area is 123 Å². The average Bonchev–Trinajstić information content (AvgIpc) is 2.90. The molecule has 2 heteroatoms. The van der Waals surface area contributed by atoms with Crippen LogP contribution in [0.25, 0.3) is 0 Å². The van der Waals surface area contributed by atoms with Gasteiger partial charge in [0.2, 0.25) is 6.79 Å². The summed E-state index contributed by atoms with van der Waals surface area (Å²) in [5.74, 6) is 2.53. The standard InChI is InChI=1S/C18H27O2/c1-3-4-5-6-7-8-9-15(2)12-16-10-11-17-18(13-16)20-14-19-17/h10-11,13,15H,1,3-9,12,14H2,2H3. The summed E-state index contributed by atoms with van der Waals surface area (Å²) in [6.45, 7) is 6.59. The first-order valence-electron chi connectivity index (χ1n) is 7.97. The third-order valence-corrected chi connectivity index (χ3v) is 3.97. The van der Waals surface area contributed by atoms with Gasteiger partial charge in [-0.1, -0.05) is 64.9 Å². The van der Waals surface area contributed by atoms with Crippen LogP contribution in [0.4, 0.5) is 0 Å². The van der Waals surface area contributed by atoms with E-state index in [1.54, 1.807) is 0 Å². The smallest absolute Gasteiger partial charge is 0.231 e. The van der Waals surface area contributed by atoms with Crippen molar-refractivity contribution in [1.29, 1.82) is 0 Å². The molecule has 0 bridgehead atoms. The first-order valence-corrected chi connectivity index (χ1v) is 7.97. The van der Waals surface area contributed by atoms with Crippen LogP contribution in [-0.4, -0.2) is 6.79 Å². The predicted octanol–water partition coefficient (Wildman–Crippen LogP) is 5.16. The van der Waals surface area contributed by atoms with Crippen LogP contribution in [0.2, 0.25) is 0 Å². The van der Waals surface area contributed by atoms with Crippen molar-refractivity contribution in [2.45, 2.75) is 58.3 Å². The van der Waals surface area contributed by atoms with Gasteiger partial charge in [0.25, 0.3) is 0 Å². The Bertz CT molecular complexity index is 400. The molecule has 20 heavy (non-hydrogen) atoms. The molecule has 0 fully saturated rings. The molecular weight excluding hydrogens is 248 g/mol. The van der Waals surface area contributed by atoms with Crippen LogP contribution < -0.4 is 9.47 Å². The van der Waals surface area contributed by atoms with Crippen LogP contribution in [0.1, 0.15) is 57.4 Å². The highest BCUT2D eigenvalue weighted by Crippen LogP contribution is 2.33. The van der Waals surface area contributed by atoms with E-state index in [0.717, 1.165) is 30.3 Å². The third kappa shape index (κ3) is 4.73. The fourth-order valence-electron chi connectivity index (χ4n) is 2.77. The Morgan fingerprint density at radius 3 is 2.65 bits per heavy atom. The van der Waals surface area contributed by atoms with Crippen molar-refractivity contribution in [3.05, 3.63) is 30.7 Å². The number of hydrogen-bond acceptors (Lipinski definition) is 2. The van der Waals surface area contributed by atoms with Gasteiger partial charge in [0.1, 0.15) is 0 Å². The Balaban J connectivity index is 1.65. The maximum absolute atomic E-state index is 5.43. The molecule has 1 atom stereocenters. The zero-order valence-corrected chi connectivity index (χ0v) is 12.7. The highest BCUT2D eigenvalue weighted by molar-refractivity contribution is 5.44. The molecule has 0 amide bonds. The van der Waals surface area contributed by atoms with Gasteiger partial charge in [-0.25, -0.2) is 0 Å². The van der Waals surface area contributed by atoms with E-state index in [4.69, 9.17) is 9.47 Å². The molecular formula is C18H27O2. The molecule has 0 N–H and O–H groups in total.